The van der Waals surface area contributed by atoms with Gasteiger partial charge in [-0.1, -0.05) is 48.5 Å². The molecule has 5 nitrogen and oxygen atoms in total. The van der Waals surface area contributed by atoms with Crippen LogP contribution in [-0.4, -0.2) is 60.1 Å². The van der Waals surface area contributed by atoms with Crippen LogP contribution in [0.2, 0.25) is 0 Å². The summed E-state index contributed by atoms with van der Waals surface area (Å²) in [7, 11) is 0. The van der Waals surface area contributed by atoms with E-state index in [-0.39, 0.29) is 11.9 Å². The molecular formula is C24H27N3O2. The molecule has 1 saturated heterocycles. The molecule has 2 aromatic carbocycles. The van der Waals surface area contributed by atoms with Gasteiger partial charge in [0.2, 0.25) is 5.91 Å². The number of aromatic nitrogens is 1. The highest BCUT2D eigenvalue weighted by Gasteiger charge is 2.34. The quantitative estimate of drug-likeness (QED) is 0.744. The third-order valence-corrected chi connectivity index (χ3v) is 6.22. The standard InChI is InChI=1S/C24H27N3O2/c28-22(11-12-26-14-16-29-17-15-26)27-13-10-20-19-8-4-5-9-21(19)25-23(20)24(27)18-6-2-1-3-7-18/h1-9,24-25H,10-17H2. The van der Waals surface area contributed by atoms with Crippen LogP contribution >= 0.6 is 0 Å². The van der Waals surface area contributed by atoms with Crippen LogP contribution in [0.1, 0.15) is 29.3 Å². The average Bonchev–Trinajstić information content (AvgIpc) is 3.17. The van der Waals surface area contributed by atoms with Crippen LogP contribution in [0, 0.1) is 0 Å². The maximum atomic E-state index is 13.3. The molecule has 1 unspecified atom stereocenters. The van der Waals surface area contributed by atoms with Crippen molar-refractivity contribution in [1.29, 1.82) is 0 Å². The van der Waals surface area contributed by atoms with Crippen molar-refractivity contribution in [3.05, 3.63) is 71.4 Å². The van der Waals surface area contributed by atoms with Gasteiger partial charge in [-0.2, -0.15) is 0 Å². The molecule has 0 aliphatic carbocycles. The predicted molar refractivity (Wildman–Crippen MR) is 114 cm³/mol. The summed E-state index contributed by atoms with van der Waals surface area (Å²) in [6, 6.07) is 18.8. The Morgan fingerprint density at radius 1 is 1.00 bits per heavy atom. The van der Waals surface area contributed by atoms with E-state index in [1.165, 1.54) is 22.2 Å². The number of ether oxygens (including phenoxy) is 1. The van der Waals surface area contributed by atoms with Gasteiger partial charge in [-0.3, -0.25) is 9.69 Å². The van der Waals surface area contributed by atoms with Gasteiger partial charge in [0.1, 0.15) is 0 Å². The highest BCUT2D eigenvalue weighted by Crippen LogP contribution is 2.38. The van der Waals surface area contributed by atoms with Crippen molar-refractivity contribution in [1.82, 2.24) is 14.8 Å². The van der Waals surface area contributed by atoms with Gasteiger partial charge in [0.05, 0.1) is 19.3 Å². The SMILES string of the molecule is O=C(CCN1CCOCC1)N1CCc2c([nH]c3ccccc23)C1c1ccccc1. The van der Waals surface area contributed by atoms with Crippen LogP contribution in [0.25, 0.3) is 10.9 Å². The van der Waals surface area contributed by atoms with Crippen molar-refractivity contribution in [3.63, 3.8) is 0 Å². The number of hydrogen-bond donors (Lipinski definition) is 1. The zero-order valence-corrected chi connectivity index (χ0v) is 16.6. The van der Waals surface area contributed by atoms with Gasteiger partial charge >= 0.3 is 0 Å². The first-order valence-corrected chi connectivity index (χ1v) is 10.6. The molecular weight excluding hydrogens is 362 g/mol. The minimum atomic E-state index is -0.0514. The lowest BCUT2D eigenvalue weighted by atomic mass is 9.92. The fourth-order valence-electron chi connectivity index (χ4n) is 4.71. The molecule has 150 valence electrons. The minimum absolute atomic E-state index is 0.0514. The number of carbonyl (C=O) groups excluding carboxylic acids is 1. The summed E-state index contributed by atoms with van der Waals surface area (Å²) in [5, 5.41) is 1.28. The van der Waals surface area contributed by atoms with E-state index in [4.69, 9.17) is 4.74 Å². The first kappa shape index (κ1) is 18.4. The third-order valence-electron chi connectivity index (χ3n) is 6.22. The van der Waals surface area contributed by atoms with Crippen LogP contribution in [0.15, 0.2) is 54.6 Å². The first-order chi connectivity index (χ1) is 14.3. The largest absolute Gasteiger partial charge is 0.379 e. The topological polar surface area (TPSA) is 48.6 Å². The molecule has 0 radical (unpaired) electrons. The van der Waals surface area contributed by atoms with E-state index in [0.717, 1.165) is 51.3 Å². The number of rotatable bonds is 4. The molecule has 1 aromatic heterocycles. The van der Waals surface area contributed by atoms with Gasteiger partial charge in [0.15, 0.2) is 0 Å². The second-order valence-corrected chi connectivity index (χ2v) is 7.92. The maximum absolute atomic E-state index is 13.3. The monoisotopic (exact) mass is 389 g/mol. The van der Waals surface area contributed by atoms with Crippen molar-refractivity contribution in [3.8, 4) is 0 Å². The molecule has 5 heteroatoms. The van der Waals surface area contributed by atoms with Crippen LogP contribution in [0.5, 0.6) is 0 Å². The molecule has 0 bridgehead atoms. The van der Waals surface area contributed by atoms with Crippen LogP contribution < -0.4 is 0 Å². The molecule has 3 heterocycles. The fraction of sp³-hybridized carbons (Fsp3) is 0.375. The number of amides is 1. The van der Waals surface area contributed by atoms with Gasteiger partial charge in [-0.15, -0.1) is 0 Å². The summed E-state index contributed by atoms with van der Waals surface area (Å²) in [6.45, 7) is 4.94. The highest BCUT2D eigenvalue weighted by atomic mass is 16.5. The van der Waals surface area contributed by atoms with E-state index in [9.17, 15) is 4.79 Å². The molecule has 2 aliphatic heterocycles. The number of para-hydroxylation sites is 1. The van der Waals surface area contributed by atoms with Gasteiger partial charge in [-0.05, 0) is 23.6 Å². The van der Waals surface area contributed by atoms with Crippen molar-refractivity contribution in [2.45, 2.75) is 18.9 Å². The summed E-state index contributed by atoms with van der Waals surface area (Å²) in [5.74, 6) is 0.231. The number of carbonyl (C=O) groups is 1. The Balaban J connectivity index is 1.45. The van der Waals surface area contributed by atoms with Gasteiger partial charge in [0, 0.05) is 49.2 Å². The van der Waals surface area contributed by atoms with E-state index < -0.39 is 0 Å². The molecule has 1 fully saturated rings. The summed E-state index contributed by atoms with van der Waals surface area (Å²) in [5.41, 5.74) is 4.84. The second-order valence-electron chi connectivity index (χ2n) is 7.92. The van der Waals surface area contributed by atoms with E-state index in [1.807, 2.05) is 6.07 Å². The second kappa shape index (κ2) is 8.01. The normalized spacial score (nSPS) is 20.0. The maximum Gasteiger partial charge on any atom is 0.224 e. The van der Waals surface area contributed by atoms with Crippen LogP contribution in [0.3, 0.4) is 0 Å². The van der Waals surface area contributed by atoms with E-state index in [2.05, 4.69) is 63.3 Å². The van der Waals surface area contributed by atoms with Crippen molar-refractivity contribution in [2.24, 2.45) is 0 Å². The van der Waals surface area contributed by atoms with Gasteiger partial charge < -0.3 is 14.6 Å². The van der Waals surface area contributed by atoms with Gasteiger partial charge in [-0.25, -0.2) is 0 Å². The molecule has 0 spiro atoms. The summed E-state index contributed by atoms with van der Waals surface area (Å²) in [4.78, 5) is 21.3. The number of morpholine rings is 1. The lowest BCUT2D eigenvalue weighted by Gasteiger charge is -2.37. The van der Waals surface area contributed by atoms with E-state index in [0.29, 0.717) is 6.42 Å². The van der Waals surface area contributed by atoms with Crippen LogP contribution in [-0.2, 0) is 16.0 Å². The Morgan fingerprint density at radius 3 is 2.59 bits per heavy atom. The van der Waals surface area contributed by atoms with Crippen LogP contribution in [0.4, 0.5) is 0 Å². The molecule has 3 aromatic rings. The zero-order chi connectivity index (χ0) is 19.6. The Labute approximate surface area is 171 Å². The number of nitrogens with one attached hydrogen (secondary N) is 1. The molecule has 1 atom stereocenters. The zero-order valence-electron chi connectivity index (χ0n) is 16.6. The van der Waals surface area contributed by atoms with E-state index in [1.54, 1.807) is 0 Å². The first-order valence-electron chi connectivity index (χ1n) is 10.6. The summed E-state index contributed by atoms with van der Waals surface area (Å²) < 4.78 is 5.42. The third kappa shape index (κ3) is 3.56. The number of benzene rings is 2. The Hall–Kier alpha value is -2.63. The Morgan fingerprint density at radius 2 is 1.76 bits per heavy atom. The van der Waals surface area contributed by atoms with Crippen molar-refractivity contribution in [2.75, 3.05) is 39.4 Å². The Kier molecular flexibility index (Phi) is 5.08. The van der Waals surface area contributed by atoms with Crippen molar-refractivity contribution < 1.29 is 9.53 Å². The molecule has 29 heavy (non-hydrogen) atoms. The summed E-state index contributed by atoms with van der Waals surface area (Å²) in [6.07, 6.45) is 1.45. The lowest BCUT2D eigenvalue weighted by molar-refractivity contribution is -0.134. The molecule has 1 amide bonds. The lowest BCUT2D eigenvalue weighted by Crippen LogP contribution is -2.43. The molecule has 0 saturated carbocycles. The van der Waals surface area contributed by atoms with Crippen molar-refractivity contribution >= 4 is 16.8 Å². The molecule has 5 rings (SSSR count). The number of fused-ring (bicyclic) bond motifs is 3. The number of nitrogens with zero attached hydrogens (tertiary/aromatic N) is 2. The Bertz CT molecular complexity index is 992. The predicted octanol–water partition coefficient (Wildman–Crippen LogP) is 3.36. The average molecular weight is 389 g/mol. The van der Waals surface area contributed by atoms with E-state index >= 15 is 0 Å². The summed E-state index contributed by atoms with van der Waals surface area (Å²) >= 11 is 0. The van der Waals surface area contributed by atoms with Gasteiger partial charge in [0.25, 0.3) is 0 Å². The number of H-pyrrole nitrogens is 1. The number of hydrogen-bond acceptors (Lipinski definition) is 3. The minimum Gasteiger partial charge on any atom is -0.379 e. The smallest absolute Gasteiger partial charge is 0.224 e. The fourth-order valence-corrected chi connectivity index (χ4v) is 4.71. The molecule has 2 aliphatic rings. The molecule has 1 N–H and O–H groups in total. The highest BCUT2D eigenvalue weighted by molar-refractivity contribution is 5.86. The number of aromatic amines is 1.